The Bertz CT molecular complexity index is 178. The van der Waals surface area contributed by atoms with Crippen LogP contribution in [0.25, 0.3) is 0 Å². The molecule has 3 unspecified atom stereocenters. The minimum Gasteiger partial charge on any atom is -0.0850 e. The van der Waals surface area contributed by atoms with Gasteiger partial charge in [-0.2, -0.15) is 0 Å². The fourth-order valence-electron chi connectivity index (χ4n) is 3.12. The predicted octanol–water partition coefficient (Wildman–Crippen LogP) is 3.39. The van der Waals surface area contributed by atoms with E-state index in [4.69, 9.17) is 0 Å². The highest BCUT2D eigenvalue weighted by Crippen LogP contribution is 2.48. The molecule has 0 bridgehead atoms. The van der Waals surface area contributed by atoms with Crippen molar-refractivity contribution in [2.24, 2.45) is 17.8 Å². The van der Waals surface area contributed by atoms with E-state index < -0.39 is 0 Å². The number of allylic oxidation sites excluding steroid dienone is 2. The molecule has 0 amide bonds. The Morgan fingerprint density at radius 1 is 1.55 bits per heavy atom. The lowest BCUT2D eigenvalue weighted by Crippen LogP contribution is -2.10. The molecule has 0 aliphatic heterocycles. The molecule has 0 aromatic carbocycles. The van der Waals surface area contributed by atoms with E-state index in [2.05, 4.69) is 19.9 Å². The third-order valence-electron chi connectivity index (χ3n) is 3.64. The first-order valence-electron chi connectivity index (χ1n) is 5.02. The standard InChI is InChI=1S/C11H18/c1-3-10-8(2)7-9-5-4-6-11(9)10/h5,8,10-11H,3-4,6-7H2,1-2H3. The summed E-state index contributed by atoms with van der Waals surface area (Å²) < 4.78 is 0. The molecule has 3 atom stereocenters. The van der Waals surface area contributed by atoms with Crippen LogP contribution in [0, 0.1) is 17.8 Å². The van der Waals surface area contributed by atoms with Gasteiger partial charge < -0.3 is 0 Å². The van der Waals surface area contributed by atoms with Gasteiger partial charge in [0.25, 0.3) is 0 Å². The van der Waals surface area contributed by atoms with Crippen molar-refractivity contribution in [1.82, 2.24) is 0 Å². The molecule has 2 aliphatic rings. The first-order chi connectivity index (χ1) is 5.33. The zero-order chi connectivity index (χ0) is 7.84. The van der Waals surface area contributed by atoms with Crippen LogP contribution in [0.5, 0.6) is 0 Å². The van der Waals surface area contributed by atoms with Gasteiger partial charge in [0.2, 0.25) is 0 Å². The maximum absolute atomic E-state index is 2.50. The summed E-state index contributed by atoms with van der Waals surface area (Å²) >= 11 is 0. The zero-order valence-electron chi connectivity index (χ0n) is 7.64. The third-order valence-corrected chi connectivity index (χ3v) is 3.64. The fourth-order valence-corrected chi connectivity index (χ4v) is 3.12. The van der Waals surface area contributed by atoms with Crippen molar-refractivity contribution in [3.8, 4) is 0 Å². The van der Waals surface area contributed by atoms with Crippen LogP contribution in [0.4, 0.5) is 0 Å². The Morgan fingerprint density at radius 3 is 3.09 bits per heavy atom. The van der Waals surface area contributed by atoms with Crippen LogP contribution < -0.4 is 0 Å². The Kier molecular flexibility index (Phi) is 1.78. The summed E-state index contributed by atoms with van der Waals surface area (Å²) in [4.78, 5) is 0. The van der Waals surface area contributed by atoms with Crippen LogP contribution >= 0.6 is 0 Å². The minimum atomic E-state index is 0.969. The maximum Gasteiger partial charge on any atom is -0.0169 e. The van der Waals surface area contributed by atoms with E-state index in [0.717, 1.165) is 17.8 Å². The molecule has 62 valence electrons. The Balaban J connectivity index is 2.16. The smallest absolute Gasteiger partial charge is 0.0169 e. The van der Waals surface area contributed by atoms with E-state index >= 15 is 0 Å². The molecule has 0 radical (unpaired) electrons. The van der Waals surface area contributed by atoms with E-state index in [1.165, 1.54) is 25.7 Å². The monoisotopic (exact) mass is 150 g/mol. The van der Waals surface area contributed by atoms with E-state index in [9.17, 15) is 0 Å². The molecule has 0 saturated heterocycles. The fraction of sp³-hybridized carbons (Fsp3) is 0.818. The summed E-state index contributed by atoms with van der Waals surface area (Å²) in [6, 6.07) is 0. The largest absolute Gasteiger partial charge is 0.0850 e. The number of rotatable bonds is 1. The summed E-state index contributed by atoms with van der Waals surface area (Å²) in [6.07, 6.45) is 8.12. The topological polar surface area (TPSA) is 0 Å². The van der Waals surface area contributed by atoms with Crippen LogP contribution in [0.3, 0.4) is 0 Å². The second-order valence-electron chi connectivity index (χ2n) is 4.22. The molecule has 2 rings (SSSR count). The van der Waals surface area contributed by atoms with Crippen molar-refractivity contribution >= 4 is 0 Å². The van der Waals surface area contributed by atoms with Gasteiger partial charge in [0.05, 0.1) is 0 Å². The third kappa shape index (κ3) is 1.04. The van der Waals surface area contributed by atoms with Crippen molar-refractivity contribution in [3.63, 3.8) is 0 Å². The van der Waals surface area contributed by atoms with Crippen LogP contribution in [0.2, 0.25) is 0 Å². The molecule has 1 saturated carbocycles. The van der Waals surface area contributed by atoms with Gasteiger partial charge in [0.15, 0.2) is 0 Å². The maximum atomic E-state index is 2.50. The van der Waals surface area contributed by atoms with Gasteiger partial charge in [0.1, 0.15) is 0 Å². The van der Waals surface area contributed by atoms with Crippen molar-refractivity contribution in [3.05, 3.63) is 11.6 Å². The predicted molar refractivity (Wildman–Crippen MR) is 48.4 cm³/mol. The minimum absolute atomic E-state index is 0.969. The average Bonchev–Trinajstić information content (AvgIpc) is 2.46. The van der Waals surface area contributed by atoms with Crippen molar-refractivity contribution < 1.29 is 0 Å². The van der Waals surface area contributed by atoms with Crippen LogP contribution in [0.1, 0.15) is 39.5 Å². The molecular weight excluding hydrogens is 132 g/mol. The molecule has 1 fully saturated rings. The summed E-state index contributed by atoms with van der Waals surface area (Å²) in [5, 5.41) is 0. The molecule has 0 aromatic rings. The normalized spacial score (nSPS) is 42.4. The Morgan fingerprint density at radius 2 is 2.36 bits per heavy atom. The van der Waals surface area contributed by atoms with E-state index in [1.807, 2.05) is 0 Å². The number of hydrogen-bond donors (Lipinski definition) is 0. The molecule has 11 heavy (non-hydrogen) atoms. The first-order valence-corrected chi connectivity index (χ1v) is 5.02. The van der Waals surface area contributed by atoms with Gasteiger partial charge in [0, 0.05) is 0 Å². The average molecular weight is 150 g/mol. The van der Waals surface area contributed by atoms with E-state index in [1.54, 1.807) is 5.57 Å². The van der Waals surface area contributed by atoms with Crippen molar-refractivity contribution in [2.75, 3.05) is 0 Å². The molecule has 0 spiro atoms. The Hall–Kier alpha value is -0.260. The lowest BCUT2D eigenvalue weighted by Gasteiger charge is -2.18. The van der Waals surface area contributed by atoms with Gasteiger partial charge in [-0.15, -0.1) is 0 Å². The summed E-state index contributed by atoms with van der Waals surface area (Å²) in [5.74, 6) is 2.98. The van der Waals surface area contributed by atoms with Crippen LogP contribution in [-0.2, 0) is 0 Å². The van der Waals surface area contributed by atoms with E-state index in [-0.39, 0.29) is 0 Å². The second kappa shape index (κ2) is 2.66. The molecular formula is C11H18. The van der Waals surface area contributed by atoms with Crippen LogP contribution in [-0.4, -0.2) is 0 Å². The van der Waals surface area contributed by atoms with Gasteiger partial charge in [-0.3, -0.25) is 0 Å². The molecule has 2 aliphatic carbocycles. The molecule has 0 N–H and O–H groups in total. The number of hydrogen-bond acceptors (Lipinski definition) is 0. The summed E-state index contributed by atoms with van der Waals surface area (Å²) in [5.41, 5.74) is 1.80. The summed E-state index contributed by atoms with van der Waals surface area (Å²) in [6.45, 7) is 4.77. The van der Waals surface area contributed by atoms with Gasteiger partial charge in [-0.1, -0.05) is 31.9 Å². The quantitative estimate of drug-likeness (QED) is 0.503. The molecule has 0 heterocycles. The summed E-state index contributed by atoms with van der Waals surface area (Å²) in [7, 11) is 0. The SMILES string of the molecule is CCC1C(C)CC2=CCCC21. The molecule has 0 nitrogen and oxygen atoms in total. The molecule has 0 aromatic heterocycles. The first kappa shape index (κ1) is 7.39. The lowest BCUT2D eigenvalue weighted by atomic mass is 9.87. The van der Waals surface area contributed by atoms with Gasteiger partial charge in [-0.05, 0) is 37.0 Å². The van der Waals surface area contributed by atoms with Gasteiger partial charge in [-0.25, -0.2) is 0 Å². The van der Waals surface area contributed by atoms with Crippen molar-refractivity contribution in [2.45, 2.75) is 39.5 Å². The van der Waals surface area contributed by atoms with Crippen molar-refractivity contribution in [1.29, 1.82) is 0 Å². The van der Waals surface area contributed by atoms with Crippen LogP contribution in [0.15, 0.2) is 11.6 Å². The zero-order valence-corrected chi connectivity index (χ0v) is 7.64. The van der Waals surface area contributed by atoms with E-state index in [0.29, 0.717) is 0 Å². The molecule has 0 heteroatoms. The Labute approximate surface area is 69.7 Å². The second-order valence-corrected chi connectivity index (χ2v) is 4.22. The highest BCUT2D eigenvalue weighted by atomic mass is 14.4. The number of fused-ring (bicyclic) bond motifs is 1. The van der Waals surface area contributed by atoms with Gasteiger partial charge >= 0.3 is 0 Å². The highest BCUT2D eigenvalue weighted by Gasteiger charge is 2.37. The lowest BCUT2D eigenvalue weighted by molar-refractivity contribution is 0.322. The highest BCUT2D eigenvalue weighted by molar-refractivity contribution is 5.19.